The molecule has 2 N–H and O–H groups in total. The van der Waals surface area contributed by atoms with E-state index in [0.717, 1.165) is 11.8 Å². The molecule has 1 aliphatic heterocycles. The first-order chi connectivity index (χ1) is 10.6. The van der Waals surface area contributed by atoms with Gasteiger partial charge in [0.05, 0.1) is 36.4 Å². The second-order valence-corrected chi connectivity index (χ2v) is 5.76. The van der Waals surface area contributed by atoms with E-state index in [0.29, 0.717) is 17.1 Å². The fraction of sp³-hybridized carbons (Fsp3) is 0.333. The highest BCUT2D eigenvalue weighted by Crippen LogP contribution is 2.45. The number of ether oxygens (including phenoxy) is 2. The van der Waals surface area contributed by atoms with Crippen molar-refractivity contribution in [1.29, 1.82) is 21.3 Å². The molecule has 1 saturated heterocycles. The molecule has 0 amide bonds. The van der Waals surface area contributed by atoms with Crippen LogP contribution in [0.5, 0.6) is 11.5 Å². The molecule has 7 heteroatoms. The largest absolute Gasteiger partial charge is 0.497 e. The average molecular weight is 314 g/mol. The number of rotatable bonds is 3. The lowest BCUT2D eigenvalue weighted by atomic mass is 9.77. The molecule has 1 aliphatic rings. The average Bonchev–Trinajstić information content (AvgIpc) is 2.53. The maximum Gasteiger partial charge on any atom is 0.126 e. The molecule has 0 radical (unpaired) electrons. The van der Waals surface area contributed by atoms with Crippen LogP contribution in [0.1, 0.15) is 11.5 Å². The number of nitrogens with zero attached hydrogens (tertiary/aromatic N) is 2. The normalized spacial score (nSPS) is 24.3. The Hall–Kier alpha value is -2.51. The number of hydrogen-bond acceptors (Lipinski definition) is 7. The molecule has 1 aromatic carbocycles. The van der Waals surface area contributed by atoms with Crippen molar-refractivity contribution in [2.75, 3.05) is 14.2 Å². The molecule has 0 aliphatic carbocycles. The van der Waals surface area contributed by atoms with Gasteiger partial charge in [0.25, 0.3) is 0 Å². The van der Waals surface area contributed by atoms with E-state index in [1.54, 1.807) is 18.2 Å². The van der Waals surface area contributed by atoms with E-state index in [9.17, 15) is 10.5 Å². The van der Waals surface area contributed by atoms with Gasteiger partial charge in [-0.1, -0.05) is 17.8 Å². The lowest BCUT2D eigenvalue weighted by Crippen LogP contribution is -2.34. The van der Waals surface area contributed by atoms with Crippen LogP contribution in [0.25, 0.3) is 0 Å². The summed E-state index contributed by atoms with van der Waals surface area (Å²) in [6.45, 7) is 0. The van der Waals surface area contributed by atoms with E-state index in [-0.39, 0.29) is 10.1 Å². The Kier molecular flexibility index (Phi) is 4.69. The molecule has 22 heavy (non-hydrogen) atoms. The molecule has 2 atom stereocenters. The van der Waals surface area contributed by atoms with Crippen LogP contribution in [0.3, 0.4) is 0 Å². The molecule has 6 nitrogen and oxygen atoms in total. The van der Waals surface area contributed by atoms with Crippen molar-refractivity contribution in [3.05, 3.63) is 23.8 Å². The predicted molar refractivity (Wildman–Crippen MR) is 83.5 cm³/mol. The van der Waals surface area contributed by atoms with E-state index in [1.807, 2.05) is 0 Å². The summed E-state index contributed by atoms with van der Waals surface area (Å²) < 4.78 is 10.5. The SMILES string of the molecule is COc1ccc(C2C(C#N)C(=N)SC(=N)C2C#N)c(OC)c1. The molecular weight excluding hydrogens is 300 g/mol. The zero-order valence-electron chi connectivity index (χ0n) is 12.1. The van der Waals surface area contributed by atoms with Crippen LogP contribution >= 0.6 is 11.8 Å². The molecule has 1 aromatic rings. The number of methoxy groups -OCH3 is 2. The first-order valence-corrected chi connectivity index (χ1v) is 7.24. The Labute approximate surface area is 132 Å². The topological polar surface area (TPSA) is 114 Å². The molecule has 0 aromatic heterocycles. The molecule has 0 spiro atoms. The molecule has 1 heterocycles. The van der Waals surface area contributed by atoms with Gasteiger partial charge in [-0.25, -0.2) is 0 Å². The zero-order valence-corrected chi connectivity index (χ0v) is 12.9. The van der Waals surface area contributed by atoms with Gasteiger partial charge in [-0.05, 0) is 6.07 Å². The van der Waals surface area contributed by atoms with Crippen molar-refractivity contribution in [3.63, 3.8) is 0 Å². The van der Waals surface area contributed by atoms with Crippen LogP contribution in [0, 0.1) is 45.3 Å². The fourth-order valence-electron chi connectivity index (χ4n) is 2.49. The van der Waals surface area contributed by atoms with Crippen molar-refractivity contribution in [1.82, 2.24) is 0 Å². The van der Waals surface area contributed by atoms with Gasteiger partial charge in [0.2, 0.25) is 0 Å². The van der Waals surface area contributed by atoms with Gasteiger partial charge in [-0.3, -0.25) is 10.8 Å². The monoisotopic (exact) mass is 314 g/mol. The van der Waals surface area contributed by atoms with Crippen molar-refractivity contribution >= 4 is 21.8 Å². The van der Waals surface area contributed by atoms with Gasteiger partial charge < -0.3 is 9.47 Å². The summed E-state index contributed by atoms with van der Waals surface area (Å²) in [6, 6.07) is 9.30. The highest BCUT2D eigenvalue weighted by molar-refractivity contribution is 8.26. The van der Waals surface area contributed by atoms with E-state index >= 15 is 0 Å². The number of hydrogen-bond donors (Lipinski definition) is 2. The first kappa shape index (κ1) is 15.9. The Balaban J connectivity index is 2.59. The summed E-state index contributed by atoms with van der Waals surface area (Å²) in [7, 11) is 3.03. The minimum atomic E-state index is -0.772. The van der Waals surface area contributed by atoms with Crippen LogP contribution in [0.15, 0.2) is 18.2 Å². The zero-order chi connectivity index (χ0) is 16.3. The van der Waals surface area contributed by atoms with Crippen LogP contribution in [-0.4, -0.2) is 24.3 Å². The summed E-state index contributed by atoms with van der Waals surface area (Å²) in [5.41, 5.74) is 0.635. The second-order valence-electron chi connectivity index (χ2n) is 4.68. The summed E-state index contributed by atoms with van der Waals surface area (Å²) in [5, 5.41) is 34.9. The Bertz CT molecular complexity index is 672. The molecule has 1 fully saturated rings. The van der Waals surface area contributed by atoms with E-state index in [4.69, 9.17) is 20.3 Å². The smallest absolute Gasteiger partial charge is 0.126 e. The number of thioether (sulfide) groups is 1. The van der Waals surface area contributed by atoms with Gasteiger partial charge in [0, 0.05) is 17.5 Å². The van der Waals surface area contributed by atoms with E-state index in [2.05, 4.69) is 12.1 Å². The molecular formula is C15H14N4O2S. The Morgan fingerprint density at radius 1 is 1.05 bits per heavy atom. The number of nitrogens with one attached hydrogen (secondary N) is 2. The summed E-state index contributed by atoms with van der Waals surface area (Å²) in [6.07, 6.45) is 0. The molecule has 2 rings (SSSR count). The van der Waals surface area contributed by atoms with Gasteiger partial charge in [0.1, 0.15) is 23.3 Å². The van der Waals surface area contributed by atoms with Crippen molar-refractivity contribution in [2.45, 2.75) is 5.92 Å². The van der Waals surface area contributed by atoms with Crippen LogP contribution in [0.4, 0.5) is 0 Å². The molecule has 0 bridgehead atoms. The summed E-state index contributed by atoms with van der Waals surface area (Å²) >= 11 is 0.882. The third-order valence-electron chi connectivity index (χ3n) is 3.58. The van der Waals surface area contributed by atoms with Crippen molar-refractivity contribution in [2.24, 2.45) is 11.8 Å². The molecule has 112 valence electrons. The number of benzene rings is 1. The molecule has 0 saturated carbocycles. The number of nitriles is 2. The third-order valence-corrected chi connectivity index (χ3v) is 4.53. The first-order valence-electron chi connectivity index (χ1n) is 6.43. The quantitative estimate of drug-likeness (QED) is 0.890. The van der Waals surface area contributed by atoms with E-state index < -0.39 is 17.8 Å². The highest BCUT2D eigenvalue weighted by atomic mass is 32.2. The minimum absolute atomic E-state index is 0.0851. The minimum Gasteiger partial charge on any atom is -0.497 e. The van der Waals surface area contributed by atoms with Gasteiger partial charge in [0.15, 0.2) is 0 Å². The van der Waals surface area contributed by atoms with Crippen molar-refractivity contribution in [3.8, 4) is 23.6 Å². The van der Waals surface area contributed by atoms with Gasteiger partial charge >= 0.3 is 0 Å². The maximum atomic E-state index is 9.41. The fourth-order valence-corrected chi connectivity index (χ4v) is 3.38. The lowest BCUT2D eigenvalue weighted by molar-refractivity contribution is 0.385. The summed E-state index contributed by atoms with van der Waals surface area (Å²) in [5.74, 6) is -1.07. The second kappa shape index (κ2) is 6.50. The van der Waals surface area contributed by atoms with Crippen LogP contribution in [0.2, 0.25) is 0 Å². The maximum absolute atomic E-state index is 9.41. The van der Waals surface area contributed by atoms with E-state index in [1.165, 1.54) is 14.2 Å². The molecule has 2 unspecified atom stereocenters. The third kappa shape index (κ3) is 2.63. The van der Waals surface area contributed by atoms with Crippen LogP contribution < -0.4 is 9.47 Å². The summed E-state index contributed by atoms with van der Waals surface area (Å²) in [4.78, 5) is 0. The lowest BCUT2D eigenvalue weighted by Gasteiger charge is -2.32. The Morgan fingerprint density at radius 2 is 1.64 bits per heavy atom. The van der Waals surface area contributed by atoms with Gasteiger partial charge in [-0.2, -0.15) is 10.5 Å². The highest BCUT2D eigenvalue weighted by Gasteiger charge is 2.43. The van der Waals surface area contributed by atoms with Crippen molar-refractivity contribution < 1.29 is 9.47 Å². The predicted octanol–water partition coefficient (Wildman–Crippen LogP) is 2.77. The standard InChI is InChI=1S/C15H14N4O2S/c1-20-8-3-4-9(12(5-8)21-2)13-10(6-16)14(18)22-15(19)11(13)7-17/h3-5,10-11,13,18-19H,1-2H3. The van der Waals surface area contributed by atoms with Crippen LogP contribution in [-0.2, 0) is 0 Å². The van der Waals surface area contributed by atoms with Gasteiger partial charge in [-0.15, -0.1) is 0 Å². The Morgan fingerprint density at radius 3 is 2.09 bits per heavy atom.